The fourth-order valence-electron chi connectivity index (χ4n) is 1.23. The summed E-state index contributed by atoms with van der Waals surface area (Å²) in [4.78, 5) is 0. The Morgan fingerprint density at radius 3 is 2.19 bits per heavy atom. The molecule has 16 heavy (non-hydrogen) atoms. The highest BCUT2D eigenvalue weighted by Crippen LogP contribution is 2.30. The van der Waals surface area contributed by atoms with Gasteiger partial charge in [0.2, 0.25) is 0 Å². The minimum Gasteiger partial charge on any atom is -0.360 e. The van der Waals surface area contributed by atoms with Crippen LogP contribution in [-0.2, 0) is 10.3 Å². The highest BCUT2D eigenvalue weighted by molar-refractivity contribution is 14.1. The van der Waals surface area contributed by atoms with E-state index in [1.807, 2.05) is 28.7 Å². The SMILES string of the molecule is CC(CI)(OCC(F)(F)F)c1ccccc1. The largest absolute Gasteiger partial charge is 0.411 e. The van der Waals surface area contributed by atoms with E-state index in [9.17, 15) is 13.2 Å². The van der Waals surface area contributed by atoms with Crippen molar-refractivity contribution < 1.29 is 17.9 Å². The first-order valence-electron chi connectivity index (χ1n) is 4.69. The normalized spacial score (nSPS) is 15.8. The van der Waals surface area contributed by atoms with Gasteiger partial charge in [0, 0.05) is 4.43 Å². The summed E-state index contributed by atoms with van der Waals surface area (Å²) >= 11 is 2.03. The molecule has 0 aromatic heterocycles. The molecule has 0 heterocycles. The van der Waals surface area contributed by atoms with Crippen molar-refractivity contribution in [3.63, 3.8) is 0 Å². The molecule has 0 amide bonds. The molecule has 0 aliphatic rings. The van der Waals surface area contributed by atoms with E-state index in [0.717, 1.165) is 5.56 Å². The monoisotopic (exact) mass is 344 g/mol. The van der Waals surface area contributed by atoms with Gasteiger partial charge < -0.3 is 4.74 Å². The van der Waals surface area contributed by atoms with Gasteiger partial charge in [0.15, 0.2) is 0 Å². The maximum absolute atomic E-state index is 12.1. The molecule has 1 rings (SSSR count). The predicted molar refractivity (Wildman–Crippen MR) is 64.7 cm³/mol. The van der Waals surface area contributed by atoms with Gasteiger partial charge in [-0.2, -0.15) is 13.2 Å². The number of halogens is 4. The summed E-state index contributed by atoms with van der Waals surface area (Å²) in [7, 11) is 0. The maximum Gasteiger partial charge on any atom is 0.411 e. The van der Waals surface area contributed by atoms with Crippen LogP contribution >= 0.6 is 22.6 Å². The second kappa shape index (κ2) is 5.35. The predicted octanol–water partition coefficient (Wildman–Crippen LogP) is 3.92. The maximum atomic E-state index is 12.1. The third-order valence-electron chi connectivity index (χ3n) is 2.19. The Bertz CT molecular complexity index is 326. The van der Waals surface area contributed by atoms with Crippen LogP contribution in [0.1, 0.15) is 12.5 Å². The van der Waals surface area contributed by atoms with Crippen LogP contribution in [0.2, 0.25) is 0 Å². The van der Waals surface area contributed by atoms with Crippen molar-refractivity contribution >= 4 is 22.6 Å². The molecule has 0 N–H and O–H groups in total. The van der Waals surface area contributed by atoms with Crippen LogP contribution in [0.15, 0.2) is 30.3 Å². The van der Waals surface area contributed by atoms with Gasteiger partial charge in [-0.25, -0.2) is 0 Å². The van der Waals surface area contributed by atoms with Crippen molar-refractivity contribution in [3.8, 4) is 0 Å². The lowest BCUT2D eigenvalue weighted by Gasteiger charge is -2.29. The highest BCUT2D eigenvalue weighted by Gasteiger charge is 2.34. The van der Waals surface area contributed by atoms with E-state index in [0.29, 0.717) is 4.43 Å². The number of rotatable bonds is 4. The molecule has 90 valence electrons. The lowest BCUT2D eigenvalue weighted by atomic mass is 9.98. The van der Waals surface area contributed by atoms with E-state index in [1.54, 1.807) is 31.2 Å². The Hall–Kier alpha value is -0.300. The molecule has 1 atom stereocenters. The number of ether oxygens (including phenoxy) is 1. The molecule has 0 aliphatic heterocycles. The van der Waals surface area contributed by atoms with E-state index in [-0.39, 0.29) is 0 Å². The van der Waals surface area contributed by atoms with Gasteiger partial charge >= 0.3 is 6.18 Å². The van der Waals surface area contributed by atoms with Crippen LogP contribution in [-0.4, -0.2) is 17.2 Å². The van der Waals surface area contributed by atoms with E-state index < -0.39 is 18.4 Å². The Labute approximate surface area is 106 Å². The summed E-state index contributed by atoms with van der Waals surface area (Å²) in [6, 6.07) is 8.94. The Morgan fingerprint density at radius 1 is 1.19 bits per heavy atom. The third-order valence-corrected chi connectivity index (χ3v) is 3.65. The second-order valence-corrected chi connectivity index (χ2v) is 4.40. The van der Waals surface area contributed by atoms with Crippen LogP contribution in [0.3, 0.4) is 0 Å². The Balaban J connectivity index is 2.79. The van der Waals surface area contributed by atoms with Gasteiger partial charge in [0.25, 0.3) is 0 Å². The first-order chi connectivity index (χ1) is 7.37. The summed E-state index contributed by atoms with van der Waals surface area (Å²) in [5.74, 6) is 0. The van der Waals surface area contributed by atoms with Gasteiger partial charge in [-0.1, -0.05) is 52.9 Å². The lowest BCUT2D eigenvalue weighted by molar-refractivity contribution is -0.200. The summed E-state index contributed by atoms with van der Waals surface area (Å²) < 4.78 is 41.8. The average molecular weight is 344 g/mol. The van der Waals surface area contributed by atoms with Crippen molar-refractivity contribution in [1.82, 2.24) is 0 Å². The standard InChI is InChI=1S/C11H12F3IO/c1-10(7-15,16-8-11(12,13)14)9-5-3-2-4-6-9/h2-6H,7-8H2,1H3. The van der Waals surface area contributed by atoms with E-state index in [2.05, 4.69) is 0 Å². The van der Waals surface area contributed by atoms with Crippen molar-refractivity contribution in [1.29, 1.82) is 0 Å². The van der Waals surface area contributed by atoms with Gasteiger partial charge in [-0.15, -0.1) is 0 Å². The minimum absolute atomic E-state index is 0.463. The zero-order valence-corrected chi connectivity index (χ0v) is 10.9. The van der Waals surface area contributed by atoms with Gasteiger partial charge in [-0.3, -0.25) is 0 Å². The summed E-state index contributed by atoms with van der Waals surface area (Å²) in [5.41, 5.74) is -0.134. The molecule has 1 aromatic rings. The zero-order valence-electron chi connectivity index (χ0n) is 8.72. The zero-order chi connectivity index (χ0) is 12.2. The number of benzene rings is 1. The van der Waals surface area contributed by atoms with Crippen molar-refractivity contribution in [3.05, 3.63) is 35.9 Å². The molecule has 5 heteroatoms. The van der Waals surface area contributed by atoms with Crippen LogP contribution < -0.4 is 0 Å². The van der Waals surface area contributed by atoms with Crippen molar-refractivity contribution in [2.45, 2.75) is 18.7 Å². The Kier molecular flexibility index (Phi) is 4.61. The van der Waals surface area contributed by atoms with Crippen LogP contribution in [0, 0.1) is 0 Å². The number of alkyl halides is 4. The quantitative estimate of drug-likeness (QED) is 0.594. The molecular weight excluding hydrogens is 332 g/mol. The fraction of sp³-hybridized carbons (Fsp3) is 0.455. The van der Waals surface area contributed by atoms with Crippen molar-refractivity contribution in [2.75, 3.05) is 11.0 Å². The summed E-state index contributed by atoms with van der Waals surface area (Å²) in [6.45, 7) is 0.446. The molecule has 0 saturated heterocycles. The molecule has 1 aromatic carbocycles. The van der Waals surface area contributed by atoms with Gasteiger partial charge in [0.05, 0.1) is 5.60 Å². The Morgan fingerprint density at radius 2 is 1.75 bits per heavy atom. The molecule has 0 saturated carbocycles. The van der Waals surface area contributed by atoms with Gasteiger partial charge in [-0.05, 0) is 12.5 Å². The van der Waals surface area contributed by atoms with Crippen LogP contribution in [0.4, 0.5) is 13.2 Å². The molecule has 0 bridgehead atoms. The van der Waals surface area contributed by atoms with E-state index >= 15 is 0 Å². The smallest absolute Gasteiger partial charge is 0.360 e. The van der Waals surface area contributed by atoms with Crippen molar-refractivity contribution in [2.24, 2.45) is 0 Å². The van der Waals surface area contributed by atoms with E-state index in [1.165, 1.54) is 0 Å². The molecule has 1 nitrogen and oxygen atoms in total. The number of hydrogen-bond donors (Lipinski definition) is 0. The molecule has 0 aliphatic carbocycles. The molecule has 0 fully saturated rings. The topological polar surface area (TPSA) is 9.23 Å². The van der Waals surface area contributed by atoms with Crippen LogP contribution in [0.25, 0.3) is 0 Å². The lowest BCUT2D eigenvalue weighted by Crippen LogP contribution is -2.32. The minimum atomic E-state index is -4.29. The highest BCUT2D eigenvalue weighted by atomic mass is 127. The third kappa shape index (κ3) is 3.93. The summed E-state index contributed by atoms with van der Waals surface area (Å²) in [5, 5.41) is 0. The van der Waals surface area contributed by atoms with Gasteiger partial charge in [0.1, 0.15) is 6.61 Å². The second-order valence-electron chi connectivity index (χ2n) is 3.63. The number of hydrogen-bond acceptors (Lipinski definition) is 1. The van der Waals surface area contributed by atoms with E-state index in [4.69, 9.17) is 4.74 Å². The summed E-state index contributed by atoms with van der Waals surface area (Å²) in [6.07, 6.45) is -4.29. The molecule has 0 radical (unpaired) electrons. The average Bonchev–Trinajstić information content (AvgIpc) is 2.26. The molecule has 1 unspecified atom stereocenters. The van der Waals surface area contributed by atoms with Crippen LogP contribution in [0.5, 0.6) is 0 Å². The first kappa shape index (κ1) is 13.8. The molecule has 0 spiro atoms. The molecular formula is C11H12F3IO. The fourth-order valence-corrected chi connectivity index (χ4v) is 1.89. The first-order valence-corrected chi connectivity index (χ1v) is 6.22.